The minimum absolute atomic E-state index is 0.0546. The molecule has 3 aromatic rings. The third-order valence-corrected chi connectivity index (χ3v) is 5.79. The zero-order chi connectivity index (χ0) is 24.5. The van der Waals surface area contributed by atoms with Crippen LogP contribution in [0.5, 0.6) is 5.75 Å². The van der Waals surface area contributed by atoms with Crippen LogP contribution in [0.3, 0.4) is 0 Å². The van der Waals surface area contributed by atoms with Gasteiger partial charge in [0.2, 0.25) is 0 Å². The van der Waals surface area contributed by atoms with E-state index in [0.29, 0.717) is 12.0 Å². The zero-order valence-corrected chi connectivity index (χ0v) is 18.2. The lowest BCUT2D eigenvalue weighted by atomic mass is 10.1. The number of imidazole rings is 1. The number of benzene rings is 1. The van der Waals surface area contributed by atoms with Gasteiger partial charge in [-0.3, -0.25) is 0 Å². The van der Waals surface area contributed by atoms with E-state index in [1.165, 1.54) is 25.4 Å². The Kier molecular flexibility index (Phi) is 6.22. The van der Waals surface area contributed by atoms with Gasteiger partial charge in [-0.05, 0) is 31.0 Å². The number of H-pyrrole nitrogens is 1. The standard InChI is InChI=1S/C21H25N7O6/c1-10(29)16(18-26-17(28-34-18)15(22)6-12-8-23-9-24-12)25-20(33)27-21(19(31)32)7-14(21)11-2-4-13(30)5-3-11/h2-5,8-10,14-16,29-30H,6-7,22H2,1H3,(H,23,24)(H,31,32)(H2,25,27,33)/t10?,14?,15-,16-,21?/m0/s1. The van der Waals surface area contributed by atoms with E-state index < -0.39 is 41.6 Å². The quantitative estimate of drug-likeness (QED) is 0.229. The average molecular weight is 471 g/mol. The van der Waals surface area contributed by atoms with Gasteiger partial charge in [-0.2, -0.15) is 4.98 Å². The maximum Gasteiger partial charge on any atom is 0.330 e. The molecule has 0 aliphatic heterocycles. The molecule has 180 valence electrons. The van der Waals surface area contributed by atoms with Crippen LogP contribution in [0.15, 0.2) is 41.3 Å². The third-order valence-electron chi connectivity index (χ3n) is 5.79. The molecule has 2 amide bonds. The molecule has 2 heterocycles. The Balaban J connectivity index is 1.43. The molecular weight excluding hydrogens is 446 g/mol. The summed E-state index contributed by atoms with van der Waals surface area (Å²) in [6, 6.07) is 3.58. The minimum atomic E-state index is -1.52. The van der Waals surface area contributed by atoms with E-state index >= 15 is 0 Å². The number of aliphatic hydroxyl groups excluding tert-OH is 1. The molecule has 2 aromatic heterocycles. The minimum Gasteiger partial charge on any atom is -0.508 e. The van der Waals surface area contributed by atoms with Crippen molar-refractivity contribution in [3.05, 3.63) is 59.8 Å². The van der Waals surface area contributed by atoms with E-state index in [-0.39, 0.29) is 23.9 Å². The van der Waals surface area contributed by atoms with Gasteiger partial charge in [0, 0.05) is 24.2 Å². The van der Waals surface area contributed by atoms with Gasteiger partial charge in [0.1, 0.15) is 17.3 Å². The maximum absolute atomic E-state index is 12.7. The van der Waals surface area contributed by atoms with Crippen molar-refractivity contribution in [2.75, 3.05) is 0 Å². The second-order valence-electron chi connectivity index (χ2n) is 8.32. The van der Waals surface area contributed by atoms with Crippen LogP contribution in [0.4, 0.5) is 4.79 Å². The number of nitrogens with one attached hydrogen (secondary N) is 3. The molecule has 1 aromatic carbocycles. The van der Waals surface area contributed by atoms with Crippen LogP contribution in [0, 0.1) is 0 Å². The van der Waals surface area contributed by atoms with Crippen LogP contribution < -0.4 is 16.4 Å². The monoisotopic (exact) mass is 471 g/mol. The van der Waals surface area contributed by atoms with Gasteiger partial charge in [0.15, 0.2) is 5.82 Å². The van der Waals surface area contributed by atoms with Gasteiger partial charge in [-0.25, -0.2) is 14.6 Å². The molecule has 8 N–H and O–H groups in total. The summed E-state index contributed by atoms with van der Waals surface area (Å²) in [6.45, 7) is 1.42. The van der Waals surface area contributed by atoms with Crippen LogP contribution in [-0.2, 0) is 11.2 Å². The van der Waals surface area contributed by atoms with E-state index in [4.69, 9.17) is 10.3 Å². The summed E-state index contributed by atoms with van der Waals surface area (Å²) in [7, 11) is 0. The Morgan fingerprint density at radius 3 is 2.71 bits per heavy atom. The number of amides is 2. The van der Waals surface area contributed by atoms with Gasteiger partial charge in [0.05, 0.1) is 18.5 Å². The lowest BCUT2D eigenvalue weighted by molar-refractivity contribution is -0.140. The summed E-state index contributed by atoms with van der Waals surface area (Å²) >= 11 is 0. The largest absolute Gasteiger partial charge is 0.508 e. The Morgan fingerprint density at radius 1 is 1.35 bits per heavy atom. The fourth-order valence-electron chi connectivity index (χ4n) is 3.82. The molecule has 1 aliphatic rings. The molecule has 1 fully saturated rings. The van der Waals surface area contributed by atoms with Crippen LogP contribution >= 0.6 is 0 Å². The van der Waals surface area contributed by atoms with Crippen LogP contribution in [0.1, 0.15) is 54.3 Å². The number of nitrogens with two attached hydrogens (primary N) is 1. The number of hydrogen-bond donors (Lipinski definition) is 7. The van der Waals surface area contributed by atoms with E-state index in [0.717, 1.165) is 5.69 Å². The number of aromatic nitrogens is 4. The van der Waals surface area contributed by atoms with Crippen molar-refractivity contribution in [2.45, 2.75) is 49.4 Å². The van der Waals surface area contributed by atoms with Crippen molar-refractivity contribution < 1.29 is 29.4 Å². The second-order valence-corrected chi connectivity index (χ2v) is 8.32. The summed E-state index contributed by atoms with van der Waals surface area (Å²) < 4.78 is 5.21. The first-order chi connectivity index (χ1) is 16.2. The van der Waals surface area contributed by atoms with Crippen LogP contribution in [0.2, 0.25) is 0 Å². The number of phenolic OH excluding ortho intramolecular Hbond substituents is 1. The first-order valence-electron chi connectivity index (χ1n) is 10.5. The summed E-state index contributed by atoms with van der Waals surface area (Å²) in [5.74, 6) is -1.51. The number of carboxylic acids is 1. The smallest absolute Gasteiger partial charge is 0.330 e. The number of urea groups is 1. The Hall–Kier alpha value is -3.97. The number of carbonyl (C=O) groups excluding carboxylic acids is 1. The molecule has 0 spiro atoms. The number of nitrogens with zero attached hydrogens (tertiary/aromatic N) is 3. The second kappa shape index (κ2) is 9.11. The van der Waals surface area contributed by atoms with Crippen molar-refractivity contribution in [3.63, 3.8) is 0 Å². The SMILES string of the molecule is CC(O)[C@H](NC(=O)NC1(C(=O)O)CC1c1ccc(O)cc1)c1nc([C@@H](N)Cc2cnc[nH]2)no1. The van der Waals surface area contributed by atoms with E-state index in [1.807, 2.05) is 0 Å². The van der Waals surface area contributed by atoms with Gasteiger partial charge in [-0.15, -0.1) is 0 Å². The number of aromatic amines is 1. The molecule has 5 atom stereocenters. The van der Waals surface area contributed by atoms with Crippen molar-refractivity contribution in [1.29, 1.82) is 0 Å². The highest BCUT2D eigenvalue weighted by Crippen LogP contribution is 2.51. The van der Waals surface area contributed by atoms with Gasteiger partial charge in [0.25, 0.3) is 5.89 Å². The van der Waals surface area contributed by atoms with Crippen molar-refractivity contribution in [3.8, 4) is 5.75 Å². The lowest BCUT2D eigenvalue weighted by Gasteiger charge is -2.21. The van der Waals surface area contributed by atoms with Gasteiger partial charge < -0.3 is 41.2 Å². The van der Waals surface area contributed by atoms with Crippen LogP contribution in [-0.4, -0.2) is 59.1 Å². The highest BCUT2D eigenvalue weighted by Gasteiger charge is 2.62. The molecule has 0 radical (unpaired) electrons. The fraction of sp³-hybridized carbons (Fsp3) is 0.381. The number of aromatic hydroxyl groups is 1. The number of hydrogen-bond acceptors (Lipinski definition) is 9. The first-order valence-corrected chi connectivity index (χ1v) is 10.5. The van der Waals surface area contributed by atoms with Crippen molar-refractivity contribution >= 4 is 12.0 Å². The Labute approximate surface area is 193 Å². The molecule has 34 heavy (non-hydrogen) atoms. The first kappa shape index (κ1) is 23.2. The summed E-state index contributed by atoms with van der Waals surface area (Å²) in [5.41, 5.74) is 6.03. The zero-order valence-electron chi connectivity index (χ0n) is 18.2. The molecule has 1 aliphatic carbocycles. The Morgan fingerprint density at radius 2 is 2.09 bits per heavy atom. The molecule has 13 heteroatoms. The number of rotatable bonds is 9. The highest BCUT2D eigenvalue weighted by molar-refractivity contribution is 5.91. The molecule has 0 bridgehead atoms. The predicted molar refractivity (Wildman–Crippen MR) is 115 cm³/mol. The van der Waals surface area contributed by atoms with E-state index in [9.17, 15) is 24.9 Å². The molecule has 4 rings (SSSR count). The molecule has 13 nitrogen and oxygen atoms in total. The topological polar surface area (TPSA) is 213 Å². The number of aliphatic hydroxyl groups is 1. The third kappa shape index (κ3) is 4.70. The number of aliphatic carboxylic acids is 1. The number of carboxylic acid groups (broad SMARTS) is 1. The molecule has 3 unspecified atom stereocenters. The molecule has 1 saturated carbocycles. The summed E-state index contributed by atoms with van der Waals surface area (Å²) in [4.78, 5) is 35.7. The lowest BCUT2D eigenvalue weighted by Crippen LogP contribution is -2.51. The van der Waals surface area contributed by atoms with Crippen LogP contribution in [0.25, 0.3) is 0 Å². The molecule has 0 saturated heterocycles. The summed E-state index contributed by atoms with van der Waals surface area (Å²) in [6.07, 6.45) is 2.55. The van der Waals surface area contributed by atoms with Gasteiger partial charge >= 0.3 is 12.0 Å². The normalized spacial score (nSPS) is 21.9. The summed E-state index contributed by atoms with van der Waals surface area (Å²) in [5, 5.41) is 38.3. The average Bonchev–Trinajstić information content (AvgIpc) is 3.13. The van der Waals surface area contributed by atoms with Crippen molar-refractivity contribution in [1.82, 2.24) is 30.7 Å². The highest BCUT2D eigenvalue weighted by atomic mass is 16.5. The van der Waals surface area contributed by atoms with Crippen molar-refractivity contribution in [2.24, 2.45) is 5.73 Å². The Bertz CT molecular complexity index is 1150. The molecular formula is C21H25N7O6. The van der Waals surface area contributed by atoms with E-state index in [1.54, 1.807) is 18.3 Å². The maximum atomic E-state index is 12.7. The fourth-order valence-corrected chi connectivity index (χ4v) is 3.82. The predicted octanol–water partition coefficient (Wildman–Crippen LogP) is 0.473. The van der Waals surface area contributed by atoms with E-state index in [2.05, 4.69) is 30.7 Å². The number of carbonyl (C=O) groups is 2. The van der Waals surface area contributed by atoms with Gasteiger partial charge in [-0.1, -0.05) is 17.3 Å². The number of phenols is 1.